The number of halogens is 3. The third kappa shape index (κ3) is 4.54. The summed E-state index contributed by atoms with van der Waals surface area (Å²) in [6.45, 7) is 1.43. The van der Waals surface area contributed by atoms with Crippen LogP contribution < -0.4 is 11.1 Å². The number of hydrogen-bond acceptors (Lipinski definition) is 4. The predicted octanol–water partition coefficient (Wildman–Crippen LogP) is 4.41. The lowest BCUT2D eigenvalue weighted by molar-refractivity contribution is -0.123. The Labute approximate surface area is 153 Å². The fourth-order valence-electron chi connectivity index (χ4n) is 1.82. The van der Waals surface area contributed by atoms with Gasteiger partial charge in [-0.1, -0.05) is 34.8 Å². The smallest absolute Gasteiger partial charge is 0.341 e. The minimum atomic E-state index is -1.06. The van der Waals surface area contributed by atoms with Crippen LogP contribution >= 0.6 is 34.8 Å². The molecule has 2 rings (SSSR count). The lowest BCUT2D eigenvalue weighted by atomic mass is 10.2. The van der Waals surface area contributed by atoms with E-state index < -0.39 is 18.0 Å². The van der Waals surface area contributed by atoms with Gasteiger partial charge in [-0.15, -0.1) is 0 Å². The van der Waals surface area contributed by atoms with Crippen LogP contribution in [0.4, 0.5) is 11.4 Å². The Bertz CT molecular complexity index is 796. The second-order valence-corrected chi connectivity index (χ2v) is 6.17. The number of anilines is 2. The van der Waals surface area contributed by atoms with Gasteiger partial charge in [-0.2, -0.15) is 0 Å². The van der Waals surface area contributed by atoms with E-state index in [-0.39, 0.29) is 16.3 Å². The molecular formula is C16H13Cl3N2O3. The molecule has 0 aliphatic rings. The molecule has 0 aromatic heterocycles. The summed E-state index contributed by atoms with van der Waals surface area (Å²) < 4.78 is 5.11. The molecule has 0 radical (unpaired) electrons. The van der Waals surface area contributed by atoms with E-state index in [4.69, 9.17) is 45.3 Å². The van der Waals surface area contributed by atoms with E-state index in [1.54, 1.807) is 12.1 Å². The average molecular weight is 388 g/mol. The van der Waals surface area contributed by atoms with Crippen molar-refractivity contribution >= 4 is 58.1 Å². The molecule has 0 bridgehead atoms. The van der Waals surface area contributed by atoms with Crippen LogP contribution in [0.5, 0.6) is 0 Å². The normalized spacial score (nSPS) is 11.7. The summed E-state index contributed by atoms with van der Waals surface area (Å²) in [5.41, 5.74) is 6.37. The van der Waals surface area contributed by atoms with Gasteiger partial charge in [-0.05, 0) is 43.3 Å². The van der Waals surface area contributed by atoms with Gasteiger partial charge in [-0.3, -0.25) is 4.79 Å². The maximum absolute atomic E-state index is 12.1. The highest BCUT2D eigenvalue weighted by Crippen LogP contribution is 2.25. The van der Waals surface area contributed by atoms with E-state index in [0.29, 0.717) is 15.7 Å². The molecule has 0 aliphatic carbocycles. The van der Waals surface area contributed by atoms with Crippen LogP contribution in [-0.4, -0.2) is 18.0 Å². The van der Waals surface area contributed by atoms with Crippen LogP contribution in [0.2, 0.25) is 15.1 Å². The third-order valence-corrected chi connectivity index (χ3v) is 3.86. The summed E-state index contributed by atoms with van der Waals surface area (Å²) >= 11 is 17.5. The molecule has 3 N–H and O–H groups in total. The van der Waals surface area contributed by atoms with E-state index in [9.17, 15) is 9.59 Å². The van der Waals surface area contributed by atoms with E-state index in [1.807, 2.05) is 0 Å². The first kappa shape index (κ1) is 18.4. The molecule has 126 valence electrons. The van der Waals surface area contributed by atoms with Crippen molar-refractivity contribution in [2.75, 3.05) is 11.1 Å². The van der Waals surface area contributed by atoms with Crippen molar-refractivity contribution in [3.05, 3.63) is 57.0 Å². The second-order valence-electron chi connectivity index (χ2n) is 4.89. The molecule has 2 aromatic carbocycles. The van der Waals surface area contributed by atoms with Crippen molar-refractivity contribution in [3.63, 3.8) is 0 Å². The minimum absolute atomic E-state index is 0.128. The summed E-state index contributed by atoms with van der Waals surface area (Å²) in [5.74, 6) is -1.27. The van der Waals surface area contributed by atoms with Crippen LogP contribution in [0, 0.1) is 0 Å². The Morgan fingerprint density at radius 1 is 1.08 bits per heavy atom. The molecule has 0 saturated heterocycles. The van der Waals surface area contributed by atoms with Crippen molar-refractivity contribution in [3.8, 4) is 0 Å². The molecule has 0 fully saturated rings. The van der Waals surface area contributed by atoms with Crippen molar-refractivity contribution in [1.29, 1.82) is 0 Å². The Morgan fingerprint density at radius 2 is 1.71 bits per heavy atom. The summed E-state index contributed by atoms with van der Waals surface area (Å²) in [6.07, 6.45) is -1.06. The lowest BCUT2D eigenvalue weighted by Crippen LogP contribution is -2.30. The highest BCUT2D eigenvalue weighted by molar-refractivity contribution is 6.36. The lowest BCUT2D eigenvalue weighted by Gasteiger charge is -2.15. The summed E-state index contributed by atoms with van der Waals surface area (Å²) in [4.78, 5) is 24.2. The number of amides is 1. The molecule has 0 unspecified atom stereocenters. The van der Waals surface area contributed by atoms with Crippen LogP contribution in [-0.2, 0) is 9.53 Å². The number of hydrogen-bond donors (Lipinski definition) is 2. The molecule has 2 aromatic rings. The predicted molar refractivity (Wildman–Crippen MR) is 95.8 cm³/mol. The molecule has 1 atom stereocenters. The maximum Gasteiger partial charge on any atom is 0.341 e. The Kier molecular flexibility index (Phi) is 5.94. The van der Waals surface area contributed by atoms with Crippen molar-refractivity contribution in [2.24, 2.45) is 0 Å². The van der Waals surface area contributed by atoms with Crippen LogP contribution in [0.3, 0.4) is 0 Å². The number of carbonyl (C=O) groups is 2. The first-order chi connectivity index (χ1) is 11.3. The zero-order valence-electron chi connectivity index (χ0n) is 12.5. The highest BCUT2D eigenvalue weighted by atomic mass is 35.5. The van der Waals surface area contributed by atoms with Gasteiger partial charge in [0.1, 0.15) is 0 Å². The quantitative estimate of drug-likeness (QED) is 0.601. The fourth-order valence-corrected chi connectivity index (χ4v) is 2.46. The topological polar surface area (TPSA) is 81.4 Å². The number of carbonyl (C=O) groups excluding carboxylic acids is 2. The zero-order chi connectivity index (χ0) is 17.9. The van der Waals surface area contributed by atoms with Gasteiger partial charge in [0.25, 0.3) is 5.91 Å². The number of nitrogen functional groups attached to an aromatic ring is 1. The first-order valence-electron chi connectivity index (χ1n) is 6.80. The SMILES string of the molecule is C[C@@H](OC(=O)c1ccc(Cl)cc1N)C(=O)Nc1ccc(Cl)cc1Cl. The summed E-state index contributed by atoms with van der Waals surface area (Å²) in [6, 6.07) is 8.98. The van der Waals surface area contributed by atoms with Gasteiger partial charge in [0.05, 0.1) is 16.3 Å². The molecule has 5 nitrogen and oxygen atoms in total. The second kappa shape index (κ2) is 7.75. The van der Waals surface area contributed by atoms with Crippen LogP contribution in [0.1, 0.15) is 17.3 Å². The van der Waals surface area contributed by atoms with E-state index in [2.05, 4.69) is 5.32 Å². The summed E-state index contributed by atoms with van der Waals surface area (Å²) in [7, 11) is 0. The number of rotatable bonds is 4. The van der Waals surface area contributed by atoms with Gasteiger partial charge >= 0.3 is 5.97 Å². The molecule has 0 aliphatic heterocycles. The maximum atomic E-state index is 12.1. The number of nitrogens with two attached hydrogens (primary N) is 1. The van der Waals surface area contributed by atoms with Gasteiger partial charge in [0, 0.05) is 15.7 Å². The van der Waals surface area contributed by atoms with Gasteiger partial charge in [0.2, 0.25) is 0 Å². The van der Waals surface area contributed by atoms with Crippen molar-refractivity contribution in [1.82, 2.24) is 0 Å². The number of nitrogens with one attached hydrogen (secondary N) is 1. The van der Waals surface area contributed by atoms with E-state index >= 15 is 0 Å². The van der Waals surface area contributed by atoms with E-state index in [0.717, 1.165) is 0 Å². The molecule has 0 saturated carbocycles. The Balaban J connectivity index is 2.04. The van der Waals surface area contributed by atoms with Crippen molar-refractivity contribution < 1.29 is 14.3 Å². The van der Waals surface area contributed by atoms with Gasteiger partial charge < -0.3 is 15.8 Å². The van der Waals surface area contributed by atoms with Crippen molar-refractivity contribution in [2.45, 2.75) is 13.0 Å². The molecule has 0 heterocycles. The average Bonchev–Trinajstić information content (AvgIpc) is 2.49. The molecule has 0 spiro atoms. The number of benzene rings is 2. The zero-order valence-corrected chi connectivity index (χ0v) is 14.7. The summed E-state index contributed by atoms with van der Waals surface area (Å²) in [5, 5.41) is 3.67. The molecular weight excluding hydrogens is 375 g/mol. The molecule has 1 amide bonds. The monoisotopic (exact) mass is 386 g/mol. The largest absolute Gasteiger partial charge is 0.449 e. The molecule has 8 heteroatoms. The third-order valence-electron chi connectivity index (χ3n) is 3.08. The standard InChI is InChI=1S/C16H13Cl3N2O3/c1-8(15(22)21-14-5-3-9(17)6-12(14)19)24-16(23)11-4-2-10(18)7-13(11)20/h2-8H,20H2,1H3,(H,21,22)/t8-/m1/s1. The van der Waals surface area contributed by atoms with E-state index in [1.165, 1.54) is 31.2 Å². The first-order valence-corrected chi connectivity index (χ1v) is 7.93. The Morgan fingerprint density at radius 3 is 2.33 bits per heavy atom. The number of esters is 1. The van der Waals surface area contributed by atoms with Gasteiger partial charge in [0.15, 0.2) is 6.10 Å². The number of ether oxygens (including phenoxy) is 1. The van der Waals surface area contributed by atoms with Crippen LogP contribution in [0.25, 0.3) is 0 Å². The van der Waals surface area contributed by atoms with Crippen LogP contribution in [0.15, 0.2) is 36.4 Å². The fraction of sp³-hybridized carbons (Fsp3) is 0.125. The molecule has 24 heavy (non-hydrogen) atoms. The Hall–Kier alpha value is -1.95. The van der Waals surface area contributed by atoms with Gasteiger partial charge in [-0.25, -0.2) is 4.79 Å². The highest BCUT2D eigenvalue weighted by Gasteiger charge is 2.21. The minimum Gasteiger partial charge on any atom is -0.449 e.